The molecule has 0 saturated heterocycles. The van der Waals surface area contributed by atoms with Crippen LogP contribution < -0.4 is 4.74 Å². The number of hydrogen-bond acceptors (Lipinski definition) is 3. The van der Waals surface area contributed by atoms with Crippen LogP contribution in [-0.4, -0.2) is 28.3 Å². The molecule has 1 aromatic rings. The van der Waals surface area contributed by atoms with Crippen LogP contribution in [0, 0.1) is 0 Å². The van der Waals surface area contributed by atoms with E-state index in [1.54, 1.807) is 26.0 Å². The molecule has 0 saturated carbocycles. The SMILES string of the molecule is CCOc1cccc(C(=O)O)c1C(=O)C(C)Br. The number of hydrogen-bond donors (Lipinski definition) is 1. The summed E-state index contributed by atoms with van der Waals surface area (Å²) < 4.78 is 5.29. The second-order valence-corrected chi connectivity index (χ2v) is 4.77. The monoisotopic (exact) mass is 300 g/mol. The predicted octanol–water partition coefficient (Wildman–Crippen LogP) is 2.75. The highest BCUT2D eigenvalue weighted by atomic mass is 79.9. The van der Waals surface area contributed by atoms with Gasteiger partial charge in [-0.05, 0) is 26.0 Å². The maximum absolute atomic E-state index is 12.0. The Hall–Kier alpha value is -1.36. The van der Waals surface area contributed by atoms with E-state index in [0.29, 0.717) is 12.4 Å². The molecule has 0 aromatic heterocycles. The molecule has 1 aromatic carbocycles. The maximum atomic E-state index is 12.0. The minimum atomic E-state index is -1.14. The molecule has 1 N–H and O–H groups in total. The highest BCUT2D eigenvalue weighted by Crippen LogP contribution is 2.26. The second kappa shape index (κ2) is 5.82. The van der Waals surface area contributed by atoms with Crippen molar-refractivity contribution in [3.05, 3.63) is 29.3 Å². The normalized spacial score (nSPS) is 11.9. The van der Waals surface area contributed by atoms with Gasteiger partial charge in [-0.1, -0.05) is 22.0 Å². The van der Waals surface area contributed by atoms with Gasteiger partial charge in [0.15, 0.2) is 5.78 Å². The molecule has 92 valence electrons. The van der Waals surface area contributed by atoms with Gasteiger partial charge in [-0.15, -0.1) is 0 Å². The Morgan fingerprint density at radius 1 is 1.47 bits per heavy atom. The highest BCUT2D eigenvalue weighted by Gasteiger charge is 2.24. The fourth-order valence-corrected chi connectivity index (χ4v) is 1.67. The summed E-state index contributed by atoms with van der Waals surface area (Å²) in [7, 11) is 0. The Morgan fingerprint density at radius 3 is 2.59 bits per heavy atom. The molecule has 0 aliphatic rings. The highest BCUT2D eigenvalue weighted by molar-refractivity contribution is 9.10. The Kier molecular flexibility index (Phi) is 4.69. The zero-order valence-electron chi connectivity index (χ0n) is 9.57. The average molecular weight is 301 g/mol. The molecule has 17 heavy (non-hydrogen) atoms. The van der Waals surface area contributed by atoms with Crippen molar-refractivity contribution in [2.24, 2.45) is 0 Å². The zero-order chi connectivity index (χ0) is 13.0. The quantitative estimate of drug-likeness (QED) is 0.671. The van der Waals surface area contributed by atoms with E-state index in [1.165, 1.54) is 6.07 Å². The van der Waals surface area contributed by atoms with Crippen LogP contribution in [0.1, 0.15) is 34.6 Å². The molecule has 1 unspecified atom stereocenters. The third-order valence-corrected chi connectivity index (χ3v) is 2.58. The van der Waals surface area contributed by atoms with Crippen molar-refractivity contribution in [1.29, 1.82) is 0 Å². The van der Waals surface area contributed by atoms with Crippen LogP contribution in [0.25, 0.3) is 0 Å². The Labute approximate surface area is 108 Å². The van der Waals surface area contributed by atoms with Crippen LogP contribution in [0.3, 0.4) is 0 Å². The maximum Gasteiger partial charge on any atom is 0.336 e. The summed E-state index contributed by atoms with van der Waals surface area (Å²) >= 11 is 3.15. The molecule has 0 heterocycles. The lowest BCUT2D eigenvalue weighted by Gasteiger charge is -2.12. The van der Waals surface area contributed by atoms with Gasteiger partial charge in [0.05, 0.1) is 22.6 Å². The molecule has 0 bridgehead atoms. The van der Waals surface area contributed by atoms with Crippen LogP contribution in [0.4, 0.5) is 0 Å². The number of carbonyl (C=O) groups excluding carboxylic acids is 1. The lowest BCUT2D eigenvalue weighted by Crippen LogP contribution is -2.17. The second-order valence-electron chi connectivity index (χ2n) is 3.40. The summed E-state index contributed by atoms with van der Waals surface area (Å²) in [5.41, 5.74) is 0.0819. The van der Waals surface area contributed by atoms with Gasteiger partial charge in [0.1, 0.15) is 5.75 Å². The van der Waals surface area contributed by atoms with Crippen molar-refractivity contribution in [2.75, 3.05) is 6.61 Å². The fraction of sp³-hybridized carbons (Fsp3) is 0.333. The molecular weight excluding hydrogens is 288 g/mol. The number of aromatic carboxylic acids is 1. The minimum absolute atomic E-state index is 0.0350. The van der Waals surface area contributed by atoms with Gasteiger partial charge in [0.2, 0.25) is 0 Å². The standard InChI is InChI=1S/C12H13BrO4/c1-3-17-9-6-4-5-8(12(15)16)10(9)11(14)7(2)13/h4-7H,3H2,1-2H3,(H,15,16). The van der Waals surface area contributed by atoms with Crippen LogP contribution in [0.5, 0.6) is 5.75 Å². The minimum Gasteiger partial charge on any atom is -0.493 e. The van der Waals surface area contributed by atoms with Gasteiger partial charge in [0, 0.05) is 0 Å². The number of ketones is 1. The van der Waals surface area contributed by atoms with Crippen LogP contribution in [-0.2, 0) is 0 Å². The first-order valence-corrected chi connectivity index (χ1v) is 6.08. The molecule has 5 heteroatoms. The molecule has 1 rings (SSSR count). The molecule has 0 aliphatic heterocycles. The van der Waals surface area contributed by atoms with Gasteiger partial charge in [-0.2, -0.15) is 0 Å². The molecule has 0 amide bonds. The first-order valence-electron chi connectivity index (χ1n) is 5.16. The molecule has 4 nitrogen and oxygen atoms in total. The third kappa shape index (κ3) is 3.06. The van der Waals surface area contributed by atoms with Gasteiger partial charge in [0.25, 0.3) is 0 Å². The van der Waals surface area contributed by atoms with Gasteiger partial charge in [-0.3, -0.25) is 4.79 Å². The summed E-state index contributed by atoms with van der Waals surface area (Å²) in [6, 6.07) is 4.55. The summed E-state index contributed by atoms with van der Waals surface area (Å²) in [6.07, 6.45) is 0. The summed E-state index contributed by atoms with van der Waals surface area (Å²) in [4.78, 5) is 22.6. The van der Waals surface area contributed by atoms with Crippen LogP contribution in [0.15, 0.2) is 18.2 Å². The molecule has 0 fully saturated rings. The van der Waals surface area contributed by atoms with Crippen LogP contribution >= 0.6 is 15.9 Å². The number of ether oxygens (including phenoxy) is 1. The number of halogens is 1. The Morgan fingerprint density at radius 2 is 2.12 bits per heavy atom. The van der Waals surface area contributed by atoms with Gasteiger partial charge >= 0.3 is 5.97 Å². The van der Waals surface area contributed by atoms with E-state index in [4.69, 9.17) is 9.84 Å². The van der Waals surface area contributed by atoms with Crippen LogP contribution in [0.2, 0.25) is 0 Å². The van der Waals surface area contributed by atoms with E-state index in [1.807, 2.05) is 0 Å². The smallest absolute Gasteiger partial charge is 0.336 e. The van der Waals surface area contributed by atoms with E-state index in [2.05, 4.69) is 15.9 Å². The number of benzene rings is 1. The number of rotatable bonds is 5. The summed E-state index contributed by atoms with van der Waals surface area (Å²) in [5, 5.41) is 9.07. The van der Waals surface area contributed by atoms with Crippen molar-refractivity contribution in [1.82, 2.24) is 0 Å². The van der Waals surface area contributed by atoms with E-state index < -0.39 is 10.8 Å². The average Bonchev–Trinajstić information content (AvgIpc) is 2.28. The number of carboxylic acids is 1. The van der Waals surface area contributed by atoms with Crippen molar-refractivity contribution >= 4 is 27.7 Å². The number of carbonyl (C=O) groups is 2. The van der Waals surface area contributed by atoms with Crippen molar-refractivity contribution in [3.63, 3.8) is 0 Å². The topological polar surface area (TPSA) is 63.6 Å². The van der Waals surface area contributed by atoms with E-state index in [0.717, 1.165) is 0 Å². The van der Waals surface area contributed by atoms with Crippen molar-refractivity contribution < 1.29 is 19.4 Å². The Balaban J connectivity index is 3.38. The molecular formula is C12H13BrO4. The fourth-order valence-electron chi connectivity index (χ4n) is 1.44. The summed E-state index contributed by atoms with van der Waals surface area (Å²) in [5.74, 6) is -1.13. The number of alkyl halides is 1. The zero-order valence-corrected chi connectivity index (χ0v) is 11.2. The predicted molar refractivity (Wildman–Crippen MR) is 67.3 cm³/mol. The Bertz CT molecular complexity index is 440. The molecule has 0 aliphatic carbocycles. The number of Topliss-reactive ketones (excluding diaryl/α,β-unsaturated/α-hetero) is 1. The largest absolute Gasteiger partial charge is 0.493 e. The van der Waals surface area contributed by atoms with Gasteiger partial charge in [-0.25, -0.2) is 4.79 Å². The first kappa shape index (κ1) is 13.7. The first-order chi connectivity index (χ1) is 7.99. The number of carboxylic acid groups (broad SMARTS) is 1. The van der Waals surface area contributed by atoms with Crippen molar-refractivity contribution in [2.45, 2.75) is 18.7 Å². The molecule has 0 radical (unpaired) electrons. The molecule has 0 spiro atoms. The van der Waals surface area contributed by atoms with E-state index >= 15 is 0 Å². The lowest BCUT2D eigenvalue weighted by molar-refractivity contribution is 0.0691. The lowest BCUT2D eigenvalue weighted by atomic mass is 10.0. The van der Waals surface area contributed by atoms with E-state index in [-0.39, 0.29) is 16.9 Å². The summed E-state index contributed by atoms with van der Waals surface area (Å²) in [6.45, 7) is 3.80. The van der Waals surface area contributed by atoms with E-state index in [9.17, 15) is 9.59 Å². The third-order valence-electron chi connectivity index (χ3n) is 2.16. The van der Waals surface area contributed by atoms with Crippen molar-refractivity contribution in [3.8, 4) is 5.75 Å². The molecule has 1 atom stereocenters. The van der Waals surface area contributed by atoms with Gasteiger partial charge < -0.3 is 9.84 Å².